The van der Waals surface area contributed by atoms with Crippen LogP contribution in [0.15, 0.2) is 3.92 Å². The van der Waals surface area contributed by atoms with Gasteiger partial charge >= 0.3 is 0 Å². The average Bonchev–Trinajstić information content (AvgIpc) is 2.39. The summed E-state index contributed by atoms with van der Waals surface area (Å²) in [6.45, 7) is 14.0. The lowest BCUT2D eigenvalue weighted by Gasteiger charge is -2.35. The summed E-state index contributed by atoms with van der Waals surface area (Å²) in [5.74, 6) is 0. The van der Waals surface area contributed by atoms with Gasteiger partial charge in [0.25, 0.3) is 0 Å². The van der Waals surface area contributed by atoms with E-state index in [0.29, 0.717) is 6.61 Å². The Morgan fingerprint density at radius 3 is 2.31 bits per heavy atom. The summed E-state index contributed by atoms with van der Waals surface area (Å²) in [5.41, 5.74) is 1.07. The molecule has 1 aromatic heterocycles. The van der Waals surface area contributed by atoms with Crippen LogP contribution in [0.25, 0.3) is 0 Å². The molecule has 0 saturated heterocycles. The third kappa shape index (κ3) is 3.39. The second kappa shape index (κ2) is 4.88. The fraction of sp³-hybridized carbons (Fsp3) is 0.727. The number of hydrogen-bond acceptors (Lipinski definition) is 3. The van der Waals surface area contributed by atoms with Gasteiger partial charge in [0.05, 0.1) is 12.3 Å². The fourth-order valence-electron chi connectivity index (χ4n) is 0.992. The van der Waals surface area contributed by atoms with E-state index in [1.807, 2.05) is 0 Å². The van der Waals surface area contributed by atoms with E-state index in [2.05, 4.69) is 61.7 Å². The highest BCUT2D eigenvalue weighted by atomic mass is 79.9. The summed E-state index contributed by atoms with van der Waals surface area (Å²) >= 11 is 5.07. The number of rotatable bonds is 3. The largest absolute Gasteiger partial charge is 0.411 e. The van der Waals surface area contributed by atoms with Crippen molar-refractivity contribution < 1.29 is 4.43 Å². The molecule has 0 fully saturated rings. The average molecular weight is 322 g/mol. The first-order chi connectivity index (χ1) is 7.13. The van der Waals surface area contributed by atoms with Gasteiger partial charge in [-0.05, 0) is 41.0 Å². The van der Waals surface area contributed by atoms with Crippen molar-refractivity contribution in [2.24, 2.45) is 0 Å². The molecular weight excluding hydrogens is 302 g/mol. The Morgan fingerprint density at radius 2 is 1.94 bits per heavy atom. The molecule has 16 heavy (non-hydrogen) atoms. The Morgan fingerprint density at radius 1 is 1.38 bits per heavy atom. The van der Waals surface area contributed by atoms with Gasteiger partial charge in [-0.3, -0.25) is 0 Å². The van der Waals surface area contributed by atoms with Crippen LogP contribution in [0.4, 0.5) is 0 Å². The van der Waals surface area contributed by atoms with E-state index in [0.717, 1.165) is 9.61 Å². The number of hydrogen-bond donors (Lipinski definition) is 0. The van der Waals surface area contributed by atoms with Crippen LogP contribution in [0.2, 0.25) is 18.1 Å². The molecule has 0 aliphatic carbocycles. The lowest BCUT2D eigenvalue weighted by Crippen LogP contribution is -2.40. The molecule has 2 nitrogen and oxygen atoms in total. The molecule has 0 amide bonds. The van der Waals surface area contributed by atoms with Crippen molar-refractivity contribution in [3.05, 3.63) is 14.5 Å². The zero-order valence-electron chi connectivity index (χ0n) is 10.8. The van der Waals surface area contributed by atoms with Gasteiger partial charge in [0.2, 0.25) is 0 Å². The molecule has 0 N–H and O–H groups in total. The van der Waals surface area contributed by atoms with Crippen LogP contribution < -0.4 is 0 Å². The van der Waals surface area contributed by atoms with Crippen molar-refractivity contribution in [2.75, 3.05) is 0 Å². The first kappa shape index (κ1) is 14.3. The summed E-state index contributed by atoms with van der Waals surface area (Å²) in [4.78, 5) is 5.67. The lowest BCUT2D eigenvalue weighted by atomic mass is 10.2. The molecule has 0 unspecified atom stereocenters. The summed E-state index contributed by atoms with van der Waals surface area (Å²) in [6, 6.07) is 0. The monoisotopic (exact) mass is 321 g/mol. The van der Waals surface area contributed by atoms with Crippen LogP contribution in [-0.4, -0.2) is 13.3 Å². The van der Waals surface area contributed by atoms with Gasteiger partial charge in [-0.15, -0.1) is 11.3 Å². The van der Waals surface area contributed by atoms with Crippen molar-refractivity contribution in [1.82, 2.24) is 4.98 Å². The zero-order chi connectivity index (χ0) is 12.6. The van der Waals surface area contributed by atoms with Gasteiger partial charge < -0.3 is 4.43 Å². The smallest absolute Gasteiger partial charge is 0.192 e. The van der Waals surface area contributed by atoms with E-state index in [4.69, 9.17) is 4.43 Å². The Bertz CT molecular complexity index is 371. The van der Waals surface area contributed by atoms with Gasteiger partial charge in [0.1, 0.15) is 0 Å². The summed E-state index contributed by atoms with van der Waals surface area (Å²) in [6.07, 6.45) is 0. The first-order valence-electron chi connectivity index (χ1n) is 5.39. The van der Waals surface area contributed by atoms with E-state index in [1.165, 1.54) is 4.88 Å². The Labute approximate surface area is 112 Å². The minimum Gasteiger partial charge on any atom is -0.411 e. The Kier molecular flexibility index (Phi) is 4.38. The van der Waals surface area contributed by atoms with Gasteiger partial charge in [-0.1, -0.05) is 20.8 Å². The van der Waals surface area contributed by atoms with Crippen molar-refractivity contribution in [3.8, 4) is 0 Å². The van der Waals surface area contributed by atoms with E-state index in [-0.39, 0.29) is 5.04 Å². The van der Waals surface area contributed by atoms with Gasteiger partial charge in [-0.25, -0.2) is 4.98 Å². The Hall–Kier alpha value is 0.287. The zero-order valence-corrected chi connectivity index (χ0v) is 14.3. The van der Waals surface area contributed by atoms with Gasteiger partial charge in [0, 0.05) is 4.88 Å². The summed E-state index contributed by atoms with van der Waals surface area (Å²) < 4.78 is 7.08. The number of thiazole rings is 1. The number of aromatic nitrogens is 1. The molecule has 0 radical (unpaired) electrons. The van der Waals surface area contributed by atoms with Crippen LogP contribution in [0, 0.1) is 6.92 Å². The first-order valence-corrected chi connectivity index (χ1v) is 9.91. The SMILES string of the molecule is Cc1sc(Br)nc1CO[Si](C)(C)C(C)(C)C. The molecule has 5 heteroatoms. The standard InChI is InChI=1S/C11H20BrNOSSi/c1-8-9(13-10(12)15-8)7-14-16(5,6)11(2,3)4/h7H2,1-6H3. The normalized spacial score (nSPS) is 13.2. The molecule has 92 valence electrons. The maximum absolute atomic E-state index is 6.14. The van der Waals surface area contributed by atoms with Crippen LogP contribution in [0.1, 0.15) is 31.3 Å². The van der Waals surface area contributed by atoms with E-state index < -0.39 is 8.32 Å². The van der Waals surface area contributed by atoms with Gasteiger partial charge in [-0.2, -0.15) is 0 Å². The van der Waals surface area contributed by atoms with Crippen LogP contribution in [0.3, 0.4) is 0 Å². The molecule has 1 aromatic rings. The second-order valence-corrected chi connectivity index (χ2v) is 12.8. The summed E-state index contributed by atoms with van der Waals surface area (Å²) in [5, 5.41) is 0.258. The molecule has 0 aliphatic rings. The number of nitrogens with zero attached hydrogens (tertiary/aromatic N) is 1. The highest BCUT2D eigenvalue weighted by Crippen LogP contribution is 2.37. The molecule has 0 aromatic carbocycles. The van der Waals surface area contributed by atoms with Gasteiger partial charge in [0.15, 0.2) is 12.2 Å². The number of aryl methyl sites for hydroxylation is 1. The highest BCUT2D eigenvalue weighted by molar-refractivity contribution is 9.11. The predicted molar refractivity (Wildman–Crippen MR) is 76.5 cm³/mol. The molecule has 0 bridgehead atoms. The molecule has 0 atom stereocenters. The molecule has 0 spiro atoms. The van der Waals surface area contributed by atoms with Crippen LogP contribution >= 0.6 is 27.3 Å². The highest BCUT2D eigenvalue weighted by Gasteiger charge is 2.37. The van der Waals surface area contributed by atoms with Crippen molar-refractivity contribution in [2.45, 2.75) is 52.4 Å². The second-order valence-electron chi connectivity index (χ2n) is 5.52. The predicted octanol–water partition coefficient (Wildman–Crippen LogP) is 4.74. The summed E-state index contributed by atoms with van der Waals surface area (Å²) in [7, 11) is -1.65. The van der Waals surface area contributed by atoms with Crippen LogP contribution in [0.5, 0.6) is 0 Å². The van der Waals surface area contributed by atoms with E-state index in [1.54, 1.807) is 11.3 Å². The third-order valence-corrected chi connectivity index (χ3v) is 9.19. The van der Waals surface area contributed by atoms with Crippen molar-refractivity contribution in [1.29, 1.82) is 0 Å². The molecule has 0 saturated carbocycles. The van der Waals surface area contributed by atoms with Crippen LogP contribution in [-0.2, 0) is 11.0 Å². The Balaban J connectivity index is 2.68. The van der Waals surface area contributed by atoms with E-state index in [9.17, 15) is 0 Å². The topological polar surface area (TPSA) is 22.1 Å². The van der Waals surface area contributed by atoms with Crippen molar-refractivity contribution >= 4 is 35.6 Å². The minimum absolute atomic E-state index is 0.258. The lowest BCUT2D eigenvalue weighted by molar-refractivity contribution is 0.272. The maximum Gasteiger partial charge on any atom is 0.192 e. The molecule has 1 heterocycles. The fourth-order valence-corrected chi connectivity index (χ4v) is 3.50. The minimum atomic E-state index is -1.65. The maximum atomic E-state index is 6.14. The van der Waals surface area contributed by atoms with Crippen molar-refractivity contribution in [3.63, 3.8) is 0 Å². The number of halogens is 1. The molecular formula is C11H20BrNOSSi. The quantitative estimate of drug-likeness (QED) is 0.750. The molecule has 0 aliphatic heterocycles. The third-order valence-electron chi connectivity index (χ3n) is 3.24. The molecule has 1 rings (SSSR count). The van der Waals surface area contributed by atoms with E-state index >= 15 is 0 Å².